The van der Waals surface area contributed by atoms with Gasteiger partial charge in [-0.25, -0.2) is 0 Å². The molecule has 4 aliphatic rings. The second-order valence-electron chi connectivity index (χ2n) is 7.60. The number of ether oxygens (including phenoxy) is 1. The molecule has 0 aromatic heterocycles. The topological polar surface area (TPSA) is 47.3 Å². The minimum Gasteiger partial charge on any atom is -0.490 e. The molecule has 5 rings (SSSR count). The molecule has 4 saturated carbocycles. The number of fused-ring (bicyclic) bond motifs is 5. The summed E-state index contributed by atoms with van der Waals surface area (Å²) >= 11 is 0. The standard InChI is InChI=1S/C18H24N2O/c19-20-18(17-15-10-4-5-11(8-10)16(15)17)12-2-1-3-14(9-12)21-13-6-7-13/h1-3,9-11,13,15-18,20H,4-8,19H2. The van der Waals surface area contributed by atoms with Crippen molar-refractivity contribution in [3.8, 4) is 5.75 Å². The summed E-state index contributed by atoms with van der Waals surface area (Å²) in [5.41, 5.74) is 4.43. The summed E-state index contributed by atoms with van der Waals surface area (Å²) in [6.45, 7) is 0. The molecule has 3 heteroatoms. The van der Waals surface area contributed by atoms with E-state index in [2.05, 4.69) is 29.7 Å². The van der Waals surface area contributed by atoms with E-state index in [1.165, 1.54) is 37.7 Å². The number of hydrogen-bond acceptors (Lipinski definition) is 3. The molecule has 1 aromatic rings. The van der Waals surface area contributed by atoms with E-state index in [0.29, 0.717) is 12.1 Å². The number of hydrazine groups is 1. The molecular formula is C18H24N2O. The Bertz CT molecular complexity index is 540. The molecule has 21 heavy (non-hydrogen) atoms. The molecule has 0 heterocycles. The van der Waals surface area contributed by atoms with E-state index < -0.39 is 0 Å². The first-order valence-electron chi connectivity index (χ1n) is 8.58. The predicted molar refractivity (Wildman–Crippen MR) is 81.5 cm³/mol. The SMILES string of the molecule is NNC(c1cccc(OC2CC2)c1)C1C2C3CCC(C3)C21. The lowest BCUT2D eigenvalue weighted by atomic mass is 9.93. The zero-order valence-corrected chi connectivity index (χ0v) is 12.4. The Labute approximate surface area is 126 Å². The minimum atomic E-state index is 0.311. The second kappa shape index (κ2) is 4.47. The molecule has 1 aromatic carbocycles. The third-order valence-corrected chi connectivity index (χ3v) is 6.40. The number of rotatable bonds is 5. The molecule has 0 radical (unpaired) electrons. The fraction of sp³-hybridized carbons (Fsp3) is 0.667. The Hall–Kier alpha value is -1.06. The third kappa shape index (κ3) is 1.94. The number of hydrogen-bond donors (Lipinski definition) is 2. The van der Waals surface area contributed by atoms with E-state index >= 15 is 0 Å². The van der Waals surface area contributed by atoms with Crippen molar-refractivity contribution in [3.05, 3.63) is 29.8 Å². The highest BCUT2D eigenvalue weighted by atomic mass is 16.5. The Morgan fingerprint density at radius 3 is 2.52 bits per heavy atom. The van der Waals surface area contributed by atoms with Crippen molar-refractivity contribution in [3.63, 3.8) is 0 Å². The van der Waals surface area contributed by atoms with Crippen molar-refractivity contribution >= 4 is 0 Å². The number of nitrogens with one attached hydrogen (secondary N) is 1. The molecule has 0 amide bonds. The van der Waals surface area contributed by atoms with Crippen LogP contribution in [0.3, 0.4) is 0 Å². The molecule has 3 nitrogen and oxygen atoms in total. The average Bonchev–Trinajstić information content (AvgIpc) is 3.39. The molecule has 4 aliphatic carbocycles. The maximum absolute atomic E-state index is 5.94. The molecule has 5 unspecified atom stereocenters. The summed E-state index contributed by atoms with van der Waals surface area (Å²) in [4.78, 5) is 0. The van der Waals surface area contributed by atoms with E-state index in [-0.39, 0.29) is 0 Å². The van der Waals surface area contributed by atoms with Crippen molar-refractivity contribution in [2.75, 3.05) is 0 Å². The van der Waals surface area contributed by atoms with Gasteiger partial charge in [0.15, 0.2) is 0 Å². The lowest BCUT2D eigenvalue weighted by Crippen LogP contribution is -2.31. The van der Waals surface area contributed by atoms with Crippen molar-refractivity contribution in [2.45, 2.75) is 44.2 Å². The molecule has 4 fully saturated rings. The average molecular weight is 284 g/mol. The van der Waals surface area contributed by atoms with Crippen molar-refractivity contribution < 1.29 is 4.74 Å². The van der Waals surface area contributed by atoms with Gasteiger partial charge in [-0.05, 0) is 79.4 Å². The minimum absolute atomic E-state index is 0.311. The van der Waals surface area contributed by atoms with Crippen LogP contribution in [0.15, 0.2) is 24.3 Å². The summed E-state index contributed by atoms with van der Waals surface area (Å²) in [6, 6.07) is 8.92. The van der Waals surface area contributed by atoms with Gasteiger partial charge in [-0.15, -0.1) is 0 Å². The van der Waals surface area contributed by atoms with Crippen LogP contribution in [0.25, 0.3) is 0 Å². The van der Waals surface area contributed by atoms with Crippen LogP contribution >= 0.6 is 0 Å². The van der Waals surface area contributed by atoms with Crippen molar-refractivity contribution in [1.82, 2.24) is 5.43 Å². The third-order valence-electron chi connectivity index (χ3n) is 6.40. The maximum Gasteiger partial charge on any atom is 0.120 e. The molecule has 0 aliphatic heterocycles. The summed E-state index contributed by atoms with van der Waals surface area (Å²) in [7, 11) is 0. The largest absolute Gasteiger partial charge is 0.490 e. The maximum atomic E-state index is 5.94. The van der Waals surface area contributed by atoms with Gasteiger partial charge in [-0.1, -0.05) is 12.1 Å². The summed E-state index contributed by atoms with van der Waals surface area (Å²) in [6.07, 6.45) is 7.29. The van der Waals surface area contributed by atoms with Gasteiger partial charge in [0.05, 0.1) is 6.10 Å². The Morgan fingerprint density at radius 1 is 1.10 bits per heavy atom. The summed E-state index contributed by atoms with van der Waals surface area (Å²) < 4.78 is 5.94. The zero-order chi connectivity index (χ0) is 14.0. The van der Waals surface area contributed by atoms with Crippen LogP contribution in [0, 0.1) is 29.6 Å². The van der Waals surface area contributed by atoms with Crippen LogP contribution in [-0.4, -0.2) is 6.10 Å². The predicted octanol–water partition coefficient (Wildman–Crippen LogP) is 3.02. The summed E-state index contributed by atoms with van der Waals surface area (Å²) in [5, 5.41) is 0. The van der Waals surface area contributed by atoms with E-state index in [9.17, 15) is 0 Å². The quantitative estimate of drug-likeness (QED) is 0.645. The van der Waals surface area contributed by atoms with Crippen LogP contribution in [0.4, 0.5) is 0 Å². The Morgan fingerprint density at radius 2 is 1.86 bits per heavy atom. The van der Waals surface area contributed by atoms with Crippen LogP contribution in [0.1, 0.15) is 43.7 Å². The highest BCUT2D eigenvalue weighted by Gasteiger charge is 2.66. The monoisotopic (exact) mass is 284 g/mol. The number of nitrogens with two attached hydrogens (primary N) is 1. The van der Waals surface area contributed by atoms with Gasteiger partial charge in [0.2, 0.25) is 0 Å². The van der Waals surface area contributed by atoms with Crippen LogP contribution < -0.4 is 16.0 Å². The van der Waals surface area contributed by atoms with Gasteiger partial charge in [0.25, 0.3) is 0 Å². The normalized spacial score (nSPS) is 40.9. The second-order valence-corrected chi connectivity index (χ2v) is 7.60. The van der Waals surface area contributed by atoms with Gasteiger partial charge in [-0.3, -0.25) is 11.3 Å². The molecule has 3 N–H and O–H groups in total. The zero-order valence-electron chi connectivity index (χ0n) is 12.4. The van der Waals surface area contributed by atoms with E-state index in [1.807, 2.05) is 0 Å². The van der Waals surface area contributed by atoms with E-state index in [1.54, 1.807) is 0 Å². The van der Waals surface area contributed by atoms with Gasteiger partial charge in [0, 0.05) is 6.04 Å². The highest BCUT2D eigenvalue weighted by molar-refractivity contribution is 5.33. The summed E-state index contributed by atoms with van der Waals surface area (Å²) in [5.74, 6) is 11.6. The highest BCUT2D eigenvalue weighted by Crippen LogP contribution is 2.72. The molecule has 2 bridgehead atoms. The van der Waals surface area contributed by atoms with Gasteiger partial charge in [0.1, 0.15) is 5.75 Å². The van der Waals surface area contributed by atoms with E-state index in [4.69, 9.17) is 10.6 Å². The molecule has 0 saturated heterocycles. The first-order chi connectivity index (χ1) is 10.3. The lowest BCUT2D eigenvalue weighted by molar-refractivity contribution is 0.301. The molecule has 0 spiro atoms. The van der Waals surface area contributed by atoms with Crippen LogP contribution in [0.2, 0.25) is 0 Å². The smallest absolute Gasteiger partial charge is 0.120 e. The van der Waals surface area contributed by atoms with Crippen LogP contribution in [-0.2, 0) is 0 Å². The lowest BCUT2D eigenvalue weighted by Gasteiger charge is -2.21. The van der Waals surface area contributed by atoms with Gasteiger partial charge in [-0.2, -0.15) is 0 Å². The first kappa shape index (κ1) is 12.5. The Kier molecular flexibility index (Phi) is 2.65. The Balaban J connectivity index is 1.38. The fourth-order valence-electron chi connectivity index (χ4n) is 5.43. The molecule has 112 valence electrons. The van der Waals surface area contributed by atoms with Gasteiger partial charge < -0.3 is 4.74 Å². The first-order valence-corrected chi connectivity index (χ1v) is 8.58. The molecule has 5 atom stereocenters. The van der Waals surface area contributed by atoms with Gasteiger partial charge >= 0.3 is 0 Å². The van der Waals surface area contributed by atoms with E-state index in [0.717, 1.165) is 35.3 Å². The number of benzene rings is 1. The van der Waals surface area contributed by atoms with Crippen LogP contribution in [0.5, 0.6) is 5.75 Å². The molecular weight excluding hydrogens is 260 g/mol. The van der Waals surface area contributed by atoms with Crippen molar-refractivity contribution in [1.29, 1.82) is 0 Å². The van der Waals surface area contributed by atoms with Crippen molar-refractivity contribution in [2.24, 2.45) is 35.4 Å². The fourth-order valence-corrected chi connectivity index (χ4v) is 5.43.